The molecule has 1 aromatic rings. The number of rotatable bonds is 5. The normalized spacial score (nSPS) is 18.8. The van der Waals surface area contributed by atoms with Gasteiger partial charge in [-0.25, -0.2) is 4.98 Å². The Hall–Kier alpha value is -1.13. The lowest BCUT2D eigenvalue weighted by molar-refractivity contribution is 0.182. The molecule has 2 heterocycles. The molecule has 0 radical (unpaired) electrons. The van der Waals surface area contributed by atoms with E-state index in [0.29, 0.717) is 6.04 Å². The minimum Gasteiger partial charge on any atom is -0.395 e. The lowest BCUT2D eigenvalue weighted by Gasteiger charge is -2.36. The average Bonchev–Trinajstić information content (AvgIpc) is 2.47. The van der Waals surface area contributed by atoms with Crippen LogP contribution in [0.3, 0.4) is 0 Å². The monoisotopic (exact) mass is 291 g/mol. The quantitative estimate of drug-likeness (QED) is 0.875. The van der Waals surface area contributed by atoms with E-state index in [2.05, 4.69) is 42.0 Å². The number of aliphatic hydroxyl groups is 1. The molecule has 0 amide bonds. The molecule has 2 N–H and O–H groups in total. The second-order valence-corrected chi connectivity index (χ2v) is 7.26. The zero-order valence-corrected chi connectivity index (χ0v) is 13.5. The fourth-order valence-electron chi connectivity index (χ4n) is 3.06. The van der Waals surface area contributed by atoms with E-state index in [1.807, 2.05) is 18.3 Å². The Labute approximate surface area is 128 Å². The van der Waals surface area contributed by atoms with Gasteiger partial charge in [0.05, 0.1) is 6.61 Å². The molecule has 2 rings (SSSR count). The fourth-order valence-corrected chi connectivity index (χ4v) is 3.06. The Morgan fingerprint density at radius 3 is 2.57 bits per heavy atom. The molecule has 0 bridgehead atoms. The van der Waals surface area contributed by atoms with Gasteiger partial charge in [0.15, 0.2) is 0 Å². The van der Waals surface area contributed by atoms with E-state index in [-0.39, 0.29) is 18.1 Å². The zero-order chi connectivity index (χ0) is 15.3. The van der Waals surface area contributed by atoms with Crippen LogP contribution in [-0.2, 0) is 0 Å². The second-order valence-electron chi connectivity index (χ2n) is 7.26. The molecule has 1 unspecified atom stereocenters. The molecule has 1 saturated heterocycles. The minimum atomic E-state index is 0.205. The number of hydrogen-bond acceptors (Lipinski definition) is 4. The molecule has 4 heteroatoms. The highest BCUT2D eigenvalue weighted by molar-refractivity contribution is 5.38. The maximum atomic E-state index is 9.57. The van der Waals surface area contributed by atoms with E-state index in [1.54, 1.807) is 0 Å². The summed E-state index contributed by atoms with van der Waals surface area (Å²) in [5.41, 5.74) is 0.245. The third-order valence-electron chi connectivity index (χ3n) is 4.02. The SMILES string of the molecule is CC(C)(C)CC(CO)NC1CCN(c2ccccn2)CC1. The molecule has 1 atom stereocenters. The third-order valence-corrected chi connectivity index (χ3v) is 4.02. The van der Waals surface area contributed by atoms with Crippen molar-refractivity contribution >= 4 is 5.82 Å². The molecule has 0 saturated carbocycles. The van der Waals surface area contributed by atoms with Crippen LogP contribution in [0, 0.1) is 5.41 Å². The molecule has 1 aromatic heterocycles. The Kier molecular flexibility index (Phi) is 5.59. The van der Waals surface area contributed by atoms with Crippen LogP contribution in [0.25, 0.3) is 0 Å². The summed E-state index contributed by atoms with van der Waals surface area (Å²) < 4.78 is 0. The summed E-state index contributed by atoms with van der Waals surface area (Å²) in [6, 6.07) is 6.78. The van der Waals surface area contributed by atoms with Crippen LogP contribution in [0.5, 0.6) is 0 Å². The highest BCUT2D eigenvalue weighted by atomic mass is 16.3. The summed E-state index contributed by atoms with van der Waals surface area (Å²) in [6.45, 7) is 8.95. The van der Waals surface area contributed by atoms with Crippen molar-refractivity contribution in [1.82, 2.24) is 10.3 Å². The van der Waals surface area contributed by atoms with Gasteiger partial charge in [-0.3, -0.25) is 0 Å². The predicted octanol–water partition coefficient (Wildman–Crippen LogP) is 2.44. The van der Waals surface area contributed by atoms with Crippen molar-refractivity contribution in [2.24, 2.45) is 5.41 Å². The number of hydrogen-bond donors (Lipinski definition) is 2. The van der Waals surface area contributed by atoms with E-state index in [4.69, 9.17) is 0 Å². The van der Waals surface area contributed by atoms with E-state index in [0.717, 1.165) is 38.2 Å². The van der Waals surface area contributed by atoms with Crippen molar-refractivity contribution in [1.29, 1.82) is 0 Å². The highest BCUT2D eigenvalue weighted by Crippen LogP contribution is 2.22. The van der Waals surface area contributed by atoms with Crippen LogP contribution >= 0.6 is 0 Å². The number of aliphatic hydroxyl groups excluding tert-OH is 1. The number of aromatic nitrogens is 1. The molecule has 0 aromatic carbocycles. The van der Waals surface area contributed by atoms with Crippen molar-refractivity contribution < 1.29 is 5.11 Å². The Morgan fingerprint density at radius 1 is 1.33 bits per heavy atom. The van der Waals surface area contributed by atoms with Gasteiger partial charge in [0.25, 0.3) is 0 Å². The van der Waals surface area contributed by atoms with Gasteiger partial charge < -0.3 is 15.3 Å². The van der Waals surface area contributed by atoms with Gasteiger partial charge in [0, 0.05) is 31.4 Å². The summed E-state index contributed by atoms with van der Waals surface area (Å²) in [7, 11) is 0. The van der Waals surface area contributed by atoms with Gasteiger partial charge in [0.1, 0.15) is 5.82 Å². The van der Waals surface area contributed by atoms with Gasteiger partial charge in [-0.2, -0.15) is 0 Å². The van der Waals surface area contributed by atoms with Crippen LogP contribution in [0.4, 0.5) is 5.82 Å². The summed E-state index contributed by atoms with van der Waals surface area (Å²) in [4.78, 5) is 6.76. The van der Waals surface area contributed by atoms with Crippen LogP contribution in [-0.4, -0.2) is 41.9 Å². The Balaban J connectivity index is 1.81. The van der Waals surface area contributed by atoms with E-state index in [1.165, 1.54) is 0 Å². The molecular formula is C17H29N3O. The molecule has 21 heavy (non-hydrogen) atoms. The van der Waals surface area contributed by atoms with E-state index in [9.17, 15) is 5.11 Å². The van der Waals surface area contributed by atoms with Crippen molar-refractivity contribution in [3.63, 3.8) is 0 Å². The van der Waals surface area contributed by atoms with Crippen molar-refractivity contribution in [2.45, 2.75) is 52.1 Å². The largest absolute Gasteiger partial charge is 0.395 e. The van der Waals surface area contributed by atoms with E-state index < -0.39 is 0 Å². The first-order valence-electron chi connectivity index (χ1n) is 8.01. The smallest absolute Gasteiger partial charge is 0.128 e. The lowest BCUT2D eigenvalue weighted by atomic mass is 9.87. The van der Waals surface area contributed by atoms with Crippen molar-refractivity contribution in [3.8, 4) is 0 Å². The van der Waals surface area contributed by atoms with Gasteiger partial charge in [-0.05, 0) is 36.8 Å². The standard InChI is InChI=1S/C17H29N3O/c1-17(2,3)12-15(13-21)19-14-7-10-20(11-8-14)16-6-4-5-9-18-16/h4-6,9,14-15,19,21H,7-8,10-13H2,1-3H3. The van der Waals surface area contributed by atoms with Gasteiger partial charge >= 0.3 is 0 Å². The number of piperidine rings is 1. The predicted molar refractivity (Wildman–Crippen MR) is 87.6 cm³/mol. The fraction of sp³-hybridized carbons (Fsp3) is 0.706. The Morgan fingerprint density at radius 2 is 2.05 bits per heavy atom. The van der Waals surface area contributed by atoms with Gasteiger partial charge in [0.2, 0.25) is 0 Å². The molecule has 0 spiro atoms. The first-order chi connectivity index (χ1) is 9.98. The number of nitrogens with one attached hydrogen (secondary N) is 1. The molecule has 0 aliphatic carbocycles. The summed E-state index contributed by atoms with van der Waals surface area (Å²) in [5.74, 6) is 1.07. The first kappa shape index (κ1) is 16.2. The molecular weight excluding hydrogens is 262 g/mol. The van der Waals surface area contributed by atoms with Crippen LogP contribution in [0.15, 0.2) is 24.4 Å². The number of pyridine rings is 1. The lowest BCUT2D eigenvalue weighted by Crippen LogP contribution is -2.48. The van der Waals surface area contributed by atoms with Crippen LogP contribution in [0.2, 0.25) is 0 Å². The summed E-state index contributed by atoms with van der Waals surface area (Å²) in [6.07, 6.45) is 5.07. The van der Waals surface area contributed by atoms with Crippen molar-refractivity contribution in [3.05, 3.63) is 24.4 Å². The van der Waals surface area contributed by atoms with E-state index >= 15 is 0 Å². The number of nitrogens with zero attached hydrogens (tertiary/aromatic N) is 2. The number of anilines is 1. The van der Waals surface area contributed by atoms with Gasteiger partial charge in [-0.1, -0.05) is 26.8 Å². The molecule has 118 valence electrons. The summed E-state index contributed by atoms with van der Waals surface area (Å²) in [5, 5.41) is 13.2. The Bertz CT molecular complexity index is 408. The maximum absolute atomic E-state index is 9.57. The van der Waals surface area contributed by atoms with Crippen LogP contribution < -0.4 is 10.2 Å². The third kappa shape index (κ3) is 5.29. The summed E-state index contributed by atoms with van der Waals surface area (Å²) >= 11 is 0. The molecule has 1 aliphatic heterocycles. The molecule has 4 nitrogen and oxygen atoms in total. The maximum Gasteiger partial charge on any atom is 0.128 e. The second kappa shape index (κ2) is 7.23. The van der Waals surface area contributed by atoms with Gasteiger partial charge in [-0.15, -0.1) is 0 Å². The van der Waals surface area contributed by atoms with Crippen LogP contribution in [0.1, 0.15) is 40.0 Å². The van der Waals surface area contributed by atoms with Crippen molar-refractivity contribution in [2.75, 3.05) is 24.6 Å². The topological polar surface area (TPSA) is 48.4 Å². The first-order valence-corrected chi connectivity index (χ1v) is 8.01. The zero-order valence-electron chi connectivity index (χ0n) is 13.5. The molecule has 1 fully saturated rings. The average molecular weight is 291 g/mol. The minimum absolute atomic E-state index is 0.205. The molecule has 1 aliphatic rings. The highest BCUT2D eigenvalue weighted by Gasteiger charge is 2.24.